The topological polar surface area (TPSA) is 66.4 Å². The molecule has 0 aliphatic carbocycles. The van der Waals surface area contributed by atoms with Gasteiger partial charge in [-0.2, -0.15) is 0 Å². The average Bonchev–Trinajstić information content (AvgIpc) is 2.17. The standard InChI is InChI=1S/C12H21NO3/c1-3-4-5-6-11(15)9-12(16)7-8-13-10(2)14/h3-4,12,16H,5-9H2,1-2H3,(H,13,14)/b4-3+. The Morgan fingerprint density at radius 2 is 2.12 bits per heavy atom. The molecule has 4 heteroatoms. The summed E-state index contributed by atoms with van der Waals surface area (Å²) in [6.45, 7) is 3.75. The van der Waals surface area contributed by atoms with E-state index in [1.165, 1.54) is 6.92 Å². The number of ketones is 1. The Labute approximate surface area is 96.7 Å². The van der Waals surface area contributed by atoms with Crippen LogP contribution in [0.5, 0.6) is 0 Å². The number of aliphatic hydroxyl groups is 1. The number of carbonyl (C=O) groups excluding carboxylic acids is 2. The highest BCUT2D eigenvalue weighted by Crippen LogP contribution is 2.03. The lowest BCUT2D eigenvalue weighted by atomic mass is 10.1. The number of hydrogen-bond acceptors (Lipinski definition) is 3. The van der Waals surface area contributed by atoms with Crippen molar-refractivity contribution in [2.24, 2.45) is 0 Å². The summed E-state index contributed by atoms with van der Waals surface area (Å²) in [7, 11) is 0. The lowest BCUT2D eigenvalue weighted by Gasteiger charge is -2.09. The van der Waals surface area contributed by atoms with Gasteiger partial charge in [0.2, 0.25) is 5.91 Å². The largest absolute Gasteiger partial charge is 0.393 e. The van der Waals surface area contributed by atoms with Gasteiger partial charge in [0.1, 0.15) is 5.78 Å². The van der Waals surface area contributed by atoms with E-state index in [0.717, 1.165) is 6.42 Å². The third kappa shape index (κ3) is 9.40. The maximum absolute atomic E-state index is 11.3. The average molecular weight is 227 g/mol. The van der Waals surface area contributed by atoms with Crippen molar-refractivity contribution in [2.45, 2.75) is 45.6 Å². The predicted octanol–water partition coefficient (Wildman–Crippen LogP) is 1.19. The summed E-state index contributed by atoms with van der Waals surface area (Å²) in [6.07, 6.45) is 4.99. The van der Waals surface area contributed by atoms with Crippen molar-refractivity contribution in [3.8, 4) is 0 Å². The molecule has 0 saturated heterocycles. The van der Waals surface area contributed by atoms with Gasteiger partial charge in [-0.05, 0) is 19.8 Å². The van der Waals surface area contributed by atoms with Gasteiger partial charge >= 0.3 is 0 Å². The number of aliphatic hydroxyl groups excluding tert-OH is 1. The van der Waals surface area contributed by atoms with E-state index in [-0.39, 0.29) is 18.1 Å². The Morgan fingerprint density at radius 1 is 1.44 bits per heavy atom. The van der Waals surface area contributed by atoms with Crippen LogP contribution in [0.4, 0.5) is 0 Å². The van der Waals surface area contributed by atoms with E-state index in [9.17, 15) is 14.7 Å². The molecule has 0 saturated carbocycles. The Hall–Kier alpha value is -1.16. The van der Waals surface area contributed by atoms with Crippen LogP contribution >= 0.6 is 0 Å². The predicted molar refractivity (Wildman–Crippen MR) is 63.0 cm³/mol. The Morgan fingerprint density at radius 3 is 2.69 bits per heavy atom. The minimum absolute atomic E-state index is 0.0634. The molecule has 2 N–H and O–H groups in total. The van der Waals surface area contributed by atoms with Crippen LogP contribution < -0.4 is 5.32 Å². The van der Waals surface area contributed by atoms with Gasteiger partial charge in [0.15, 0.2) is 0 Å². The summed E-state index contributed by atoms with van der Waals surface area (Å²) in [5.41, 5.74) is 0. The summed E-state index contributed by atoms with van der Waals surface area (Å²) in [5.74, 6) is -0.0555. The van der Waals surface area contributed by atoms with Crippen molar-refractivity contribution in [1.29, 1.82) is 0 Å². The van der Waals surface area contributed by atoms with E-state index < -0.39 is 6.10 Å². The van der Waals surface area contributed by atoms with Gasteiger partial charge in [-0.1, -0.05) is 12.2 Å². The van der Waals surface area contributed by atoms with Crippen molar-refractivity contribution >= 4 is 11.7 Å². The van der Waals surface area contributed by atoms with Crippen molar-refractivity contribution < 1.29 is 14.7 Å². The second-order valence-electron chi connectivity index (χ2n) is 3.78. The number of nitrogens with one attached hydrogen (secondary N) is 1. The monoisotopic (exact) mass is 227 g/mol. The molecule has 1 unspecified atom stereocenters. The smallest absolute Gasteiger partial charge is 0.216 e. The molecule has 1 atom stereocenters. The number of Topliss-reactive ketones (excluding diaryl/α,β-unsaturated/α-hetero) is 1. The van der Waals surface area contributed by atoms with Crippen LogP contribution in [-0.2, 0) is 9.59 Å². The van der Waals surface area contributed by atoms with Gasteiger partial charge < -0.3 is 10.4 Å². The van der Waals surface area contributed by atoms with Crippen molar-refractivity contribution in [2.75, 3.05) is 6.54 Å². The van der Waals surface area contributed by atoms with Gasteiger partial charge in [-0.3, -0.25) is 9.59 Å². The zero-order valence-electron chi connectivity index (χ0n) is 10.0. The lowest BCUT2D eigenvalue weighted by Crippen LogP contribution is -2.25. The van der Waals surface area contributed by atoms with Gasteiger partial charge in [0, 0.05) is 26.3 Å². The highest BCUT2D eigenvalue weighted by Gasteiger charge is 2.09. The van der Waals surface area contributed by atoms with Gasteiger partial charge in [-0.25, -0.2) is 0 Å². The first-order chi connectivity index (χ1) is 7.56. The lowest BCUT2D eigenvalue weighted by molar-refractivity contribution is -0.120. The van der Waals surface area contributed by atoms with Crippen LogP contribution in [0.15, 0.2) is 12.2 Å². The molecule has 0 aromatic rings. The van der Waals surface area contributed by atoms with Crippen LogP contribution in [0, 0.1) is 0 Å². The minimum atomic E-state index is -0.648. The molecule has 0 radical (unpaired) electrons. The van der Waals surface area contributed by atoms with E-state index in [1.54, 1.807) is 0 Å². The fourth-order valence-corrected chi connectivity index (χ4v) is 1.29. The SMILES string of the molecule is C/C=C/CCC(=O)CC(O)CCNC(C)=O. The molecule has 16 heavy (non-hydrogen) atoms. The molecule has 0 fully saturated rings. The Balaban J connectivity index is 3.57. The van der Waals surface area contributed by atoms with Crippen molar-refractivity contribution in [3.63, 3.8) is 0 Å². The van der Waals surface area contributed by atoms with Crippen LogP contribution in [0.1, 0.15) is 39.5 Å². The number of allylic oxidation sites excluding steroid dienone is 2. The maximum atomic E-state index is 11.3. The molecular formula is C12H21NO3. The van der Waals surface area contributed by atoms with Crippen LogP contribution in [0.3, 0.4) is 0 Å². The first kappa shape index (κ1) is 14.8. The van der Waals surface area contributed by atoms with Crippen LogP contribution in [0.2, 0.25) is 0 Å². The number of rotatable bonds is 8. The number of carbonyl (C=O) groups is 2. The zero-order chi connectivity index (χ0) is 12.4. The molecule has 4 nitrogen and oxygen atoms in total. The quantitative estimate of drug-likeness (QED) is 0.612. The van der Waals surface area contributed by atoms with Crippen LogP contribution in [0.25, 0.3) is 0 Å². The summed E-state index contributed by atoms with van der Waals surface area (Å²) < 4.78 is 0. The first-order valence-corrected chi connectivity index (χ1v) is 5.61. The molecule has 0 spiro atoms. The molecule has 0 bridgehead atoms. The van der Waals surface area contributed by atoms with E-state index in [0.29, 0.717) is 19.4 Å². The van der Waals surface area contributed by atoms with Gasteiger partial charge in [0.05, 0.1) is 6.10 Å². The highest BCUT2D eigenvalue weighted by atomic mass is 16.3. The molecule has 92 valence electrons. The summed E-state index contributed by atoms with van der Waals surface area (Å²) >= 11 is 0. The number of amides is 1. The van der Waals surface area contributed by atoms with Crippen molar-refractivity contribution in [1.82, 2.24) is 5.32 Å². The van der Waals surface area contributed by atoms with Crippen LogP contribution in [-0.4, -0.2) is 29.4 Å². The van der Waals surface area contributed by atoms with Crippen molar-refractivity contribution in [3.05, 3.63) is 12.2 Å². The van der Waals surface area contributed by atoms with E-state index >= 15 is 0 Å². The maximum Gasteiger partial charge on any atom is 0.216 e. The normalized spacial score (nSPS) is 12.7. The number of hydrogen-bond donors (Lipinski definition) is 2. The second-order valence-corrected chi connectivity index (χ2v) is 3.78. The summed E-state index contributed by atoms with van der Waals surface area (Å²) in [6, 6.07) is 0. The molecule has 0 aromatic heterocycles. The Kier molecular flexibility index (Phi) is 8.43. The zero-order valence-corrected chi connectivity index (χ0v) is 10.0. The van der Waals surface area contributed by atoms with E-state index in [1.807, 2.05) is 19.1 Å². The van der Waals surface area contributed by atoms with Gasteiger partial charge in [0.25, 0.3) is 0 Å². The molecule has 0 aliphatic rings. The first-order valence-electron chi connectivity index (χ1n) is 5.61. The molecule has 1 amide bonds. The van der Waals surface area contributed by atoms with Gasteiger partial charge in [-0.15, -0.1) is 0 Å². The molecule has 0 aliphatic heterocycles. The second kappa shape index (κ2) is 9.09. The third-order valence-corrected chi connectivity index (χ3v) is 2.14. The third-order valence-electron chi connectivity index (χ3n) is 2.14. The molecule has 0 aromatic carbocycles. The van der Waals surface area contributed by atoms with E-state index in [4.69, 9.17) is 0 Å². The summed E-state index contributed by atoms with van der Waals surface area (Å²) in [4.78, 5) is 21.9. The van der Waals surface area contributed by atoms with E-state index in [2.05, 4.69) is 5.32 Å². The molecule has 0 rings (SSSR count). The molecule has 0 heterocycles. The highest BCUT2D eigenvalue weighted by molar-refractivity contribution is 5.79. The Bertz CT molecular complexity index is 249. The summed E-state index contributed by atoms with van der Waals surface area (Å²) in [5, 5.41) is 12.1. The minimum Gasteiger partial charge on any atom is -0.393 e. The molecular weight excluding hydrogens is 206 g/mol. The fraction of sp³-hybridized carbons (Fsp3) is 0.667. The fourth-order valence-electron chi connectivity index (χ4n) is 1.29.